The number of para-hydroxylation sites is 1. The standard InChI is InChI=1S/C14H17N3O2S/c1-3-9-7-16-14(20-9)8(2)17-13(19)10-5-4-6-11(15)12(10)18/h4-8,18H,3,15H2,1-2H3,(H,17,19). The maximum Gasteiger partial charge on any atom is 0.255 e. The van der Waals surface area contributed by atoms with E-state index in [0.717, 1.165) is 11.4 Å². The molecule has 2 aromatic rings. The van der Waals surface area contributed by atoms with Crippen LogP contribution in [0.2, 0.25) is 0 Å². The summed E-state index contributed by atoms with van der Waals surface area (Å²) in [6, 6.07) is 4.50. The first-order valence-corrected chi connectivity index (χ1v) is 7.17. The van der Waals surface area contributed by atoms with Gasteiger partial charge in [0, 0.05) is 11.1 Å². The van der Waals surface area contributed by atoms with E-state index in [1.807, 2.05) is 13.1 Å². The summed E-state index contributed by atoms with van der Waals surface area (Å²) in [6.45, 7) is 3.92. The predicted octanol–water partition coefficient (Wildman–Crippen LogP) is 2.48. The average molecular weight is 291 g/mol. The lowest BCUT2D eigenvalue weighted by molar-refractivity contribution is 0.0937. The molecule has 1 aromatic carbocycles. The molecule has 0 saturated heterocycles. The molecule has 0 aliphatic rings. The number of carbonyl (C=O) groups excluding carboxylic acids is 1. The fourth-order valence-corrected chi connectivity index (χ4v) is 2.63. The molecule has 1 aromatic heterocycles. The molecule has 1 atom stereocenters. The van der Waals surface area contributed by atoms with Gasteiger partial charge in [-0.05, 0) is 25.5 Å². The van der Waals surface area contributed by atoms with Gasteiger partial charge in [0.15, 0.2) is 5.75 Å². The largest absolute Gasteiger partial charge is 0.505 e. The molecule has 2 rings (SSSR count). The molecule has 0 fully saturated rings. The number of aromatic nitrogens is 1. The van der Waals surface area contributed by atoms with Gasteiger partial charge in [-0.3, -0.25) is 4.79 Å². The Morgan fingerprint density at radius 3 is 2.95 bits per heavy atom. The van der Waals surface area contributed by atoms with Crippen molar-refractivity contribution in [2.24, 2.45) is 0 Å². The number of phenols is 1. The molecule has 6 heteroatoms. The minimum atomic E-state index is -0.365. The van der Waals surface area contributed by atoms with E-state index in [0.29, 0.717) is 0 Å². The number of carbonyl (C=O) groups is 1. The van der Waals surface area contributed by atoms with Crippen molar-refractivity contribution in [1.29, 1.82) is 0 Å². The minimum Gasteiger partial charge on any atom is -0.505 e. The van der Waals surface area contributed by atoms with Gasteiger partial charge in [0.2, 0.25) is 0 Å². The molecule has 1 heterocycles. The number of nitrogens with two attached hydrogens (primary N) is 1. The van der Waals surface area contributed by atoms with E-state index in [1.165, 1.54) is 10.9 Å². The van der Waals surface area contributed by atoms with Crippen molar-refractivity contribution < 1.29 is 9.90 Å². The molecule has 0 bridgehead atoms. The molecule has 0 saturated carbocycles. The van der Waals surface area contributed by atoms with Crippen LogP contribution in [0.5, 0.6) is 5.75 Å². The molecule has 1 unspecified atom stereocenters. The first kappa shape index (κ1) is 14.3. The maximum absolute atomic E-state index is 12.1. The van der Waals surface area contributed by atoms with E-state index in [2.05, 4.69) is 17.2 Å². The van der Waals surface area contributed by atoms with Crippen molar-refractivity contribution in [2.75, 3.05) is 5.73 Å². The Morgan fingerprint density at radius 2 is 2.30 bits per heavy atom. The summed E-state index contributed by atoms with van der Waals surface area (Å²) < 4.78 is 0. The summed E-state index contributed by atoms with van der Waals surface area (Å²) in [4.78, 5) is 17.6. The van der Waals surface area contributed by atoms with Gasteiger partial charge in [-0.1, -0.05) is 13.0 Å². The van der Waals surface area contributed by atoms with Gasteiger partial charge in [-0.2, -0.15) is 0 Å². The first-order valence-electron chi connectivity index (χ1n) is 6.35. The van der Waals surface area contributed by atoms with Gasteiger partial charge in [0.1, 0.15) is 5.01 Å². The molecular weight excluding hydrogens is 274 g/mol. The summed E-state index contributed by atoms with van der Waals surface area (Å²) in [5.74, 6) is -0.555. The first-order chi connectivity index (χ1) is 9.52. The summed E-state index contributed by atoms with van der Waals surface area (Å²) in [5.41, 5.74) is 5.94. The zero-order valence-corrected chi connectivity index (χ0v) is 12.2. The zero-order chi connectivity index (χ0) is 14.7. The van der Waals surface area contributed by atoms with Crippen molar-refractivity contribution in [1.82, 2.24) is 10.3 Å². The van der Waals surface area contributed by atoms with E-state index in [-0.39, 0.29) is 28.9 Å². The van der Waals surface area contributed by atoms with Crippen LogP contribution in [0.4, 0.5) is 5.69 Å². The number of phenolic OH excluding ortho intramolecular Hbond substituents is 1. The van der Waals surface area contributed by atoms with Gasteiger partial charge in [0.25, 0.3) is 5.91 Å². The van der Waals surface area contributed by atoms with Crippen LogP contribution in [-0.4, -0.2) is 16.0 Å². The number of anilines is 1. The van der Waals surface area contributed by atoms with Crippen LogP contribution in [0.3, 0.4) is 0 Å². The third-order valence-corrected chi connectivity index (χ3v) is 4.27. The molecule has 0 aliphatic heterocycles. The zero-order valence-electron chi connectivity index (χ0n) is 11.4. The number of hydrogen-bond donors (Lipinski definition) is 3. The highest BCUT2D eigenvalue weighted by Crippen LogP contribution is 2.26. The van der Waals surface area contributed by atoms with Crippen LogP contribution < -0.4 is 11.1 Å². The van der Waals surface area contributed by atoms with Crippen molar-refractivity contribution in [3.8, 4) is 5.75 Å². The fourth-order valence-electron chi connectivity index (χ4n) is 1.77. The Balaban J connectivity index is 2.13. The number of amides is 1. The molecule has 20 heavy (non-hydrogen) atoms. The predicted molar refractivity (Wildman–Crippen MR) is 79.9 cm³/mol. The summed E-state index contributed by atoms with van der Waals surface area (Å²) >= 11 is 1.57. The maximum atomic E-state index is 12.1. The van der Waals surface area contributed by atoms with Crippen LogP contribution in [0.1, 0.15) is 40.1 Å². The molecule has 1 amide bonds. The number of nitrogens with one attached hydrogen (secondary N) is 1. The third kappa shape index (κ3) is 2.91. The third-order valence-electron chi connectivity index (χ3n) is 2.95. The highest BCUT2D eigenvalue weighted by molar-refractivity contribution is 7.11. The Bertz CT molecular complexity index is 625. The van der Waals surface area contributed by atoms with Gasteiger partial charge in [-0.15, -0.1) is 11.3 Å². The molecule has 0 radical (unpaired) electrons. The van der Waals surface area contributed by atoms with Gasteiger partial charge < -0.3 is 16.2 Å². The Labute approximate surface area is 121 Å². The number of rotatable bonds is 4. The van der Waals surface area contributed by atoms with Crippen molar-refractivity contribution in [2.45, 2.75) is 26.3 Å². The Kier molecular flexibility index (Phi) is 4.24. The van der Waals surface area contributed by atoms with Gasteiger partial charge in [0.05, 0.1) is 17.3 Å². The monoisotopic (exact) mass is 291 g/mol. The molecule has 0 spiro atoms. The van der Waals surface area contributed by atoms with Crippen LogP contribution in [-0.2, 0) is 6.42 Å². The van der Waals surface area contributed by atoms with Crippen molar-refractivity contribution >= 4 is 22.9 Å². The minimum absolute atomic E-state index is 0.170. The molecule has 106 valence electrons. The van der Waals surface area contributed by atoms with E-state index < -0.39 is 0 Å². The highest BCUT2D eigenvalue weighted by Gasteiger charge is 2.17. The molecule has 5 nitrogen and oxygen atoms in total. The van der Waals surface area contributed by atoms with Crippen LogP contribution in [0, 0.1) is 0 Å². The normalized spacial score (nSPS) is 12.1. The second-order valence-corrected chi connectivity index (χ2v) is 5.60. The summed E-state index contributed by atoms with van der Waals surface area (Å²) in [5, 5.41) is 13.5. The number of benzene rings is 1. The smallest absolute Gasteiger partial charge is 0.255 e. The average Bonchev–Trinajstić information content (AvgIpc) is 2.90. The topological polar surface area (TPSA) is 88.2 Å². The van der Waals surface area contributed by atoms with E-state index in [9.17, 15) is 9.90 Å². The molecular formula is C14H17N3O2S. The summed E-state index contributed by atoms with van der Waals surface area (Å²) in [7, 11) is 0. The fraction of sp³-hybridized carbons (Fsp3) is 0.286. The quantitative estimate of drug-likeness (QED) is 0.596. The van der Waals surface area contributed by atoms with E-state index in [4.69, 9.17) is 5.73 Å². The second-order valence-electron chi connectivity index (χ2n) is 4.46. The lowest BCUT2D eigenvalue weighted by atomic mass is 10.1. The number of hydrogen-bond acceptors (Lipinski definition) is 5. The number of thiazole rings is 1. The van der Waals surface area contributed by atoms with E-state index in [1.54, 1.807) is 23.5 Å². The Hall–Kier alpha value is -2.08. The van der Waals surface area contributed by atoms with Crippen LogP contribution in [0.25, 0.3) is 0 Å². The van der Waals surface area contributed by atoms with Crippen LogP contribution >= 0.6 is 11.3 Å². The number of nitrogen functional groups attached to an aromatic ring is 1. The van der Waals surface area contributed by atoms with Crippen LogP contribution in [0.15, 0.2) is 24.4 Å². The molecule has 0 aliphatic carbocycles. The summed E-state index contributed by atoms with van der Waals surface area (Å²) in [6.07, 6.45) is 2.75. The lowest BCUT2D eigenvalue weighted by Crippen LogP contribution is -2.26. The second kappa shape index (κ2) is 5.92. The number of aryl methyl sites for hydroxylation is 1. The van der Waals surface area contributed by atoms with Crippen molar-refractivity contribution in [3.63, 3.8) is 0 Å². The lowest BCUT2D eigenvalue weighted by Gasteiger charge is -2.12. The molecule has 4 N–H and O–H groups in total. The highest BCUT2D eigenvalue weighted by atomic mass is 32.1. The van der Waals surface area contributed by atoms with Gasteiger partial charge >= 0.3 is 0 Å². The van der Waals surface area contributed by atoms with Gasteiger partial charge in [-0.25, -0.2) is 4.98 Å². The number of aromatic hydroxyl groups is 1. The van der Waals surface area contributed by atoms with E-state index >= 15 is 0 Å². The van der Waals surface area contributed by atoms with Crippen molar-refractivity contribution in [3.05, 3.63) is 39.8 Å². The SMILES string of the molecule is CCc1cnc(C(C)NC(=O)c2cccc(N)c2O)s1. The number of nitrogens with zero attached hydrogens (tertiary/aromatic N) is 1. The Morgan fingerprint density at radius 1 is 1.55 bits per heavy atom.